The third-order valence-corrected chi connectivity index (χ3v) is 4.23. The van der Waals surface area contributed by atoms with Crippen molar-refractivity contribution in [2.24, 2.45) is 0 Å². The van der Waals surface area contributed by atoms with Crippen molar-refractivity contribution in [1.82, 2.24) is 5.32 Å². The largest absolute Gasteiger partial charge is 0.446 e. The molecule has 0 spiro atoms. The van der Waals surface area contributed by atoms with Gasteiger partial charge < -0.3 is 5.32 Å². The summed E-state index contributed by atoms with van der Waals surface area (Å²) in [6.45, 7) is 1.62. The van der Waals surface area contributed by atoms with Crippen LogP contribution in [0.25, 0.3) is 0 Å². The fourth-order valence-electron chi connectivity index (χ4n) is 2.42. The zero-order valence-corrected chi connectivity index (χ0v) is 12.7. The summed E-state index contributed by atoms with van der Waals surface area (Å²) >= 11 is -0.0713. The smallest absolute Gasteiger partial charge is 0.312 e. The van der Waals surface area contributed by atoms with Crippen LogP contribution in [-0.2, 0) is 6.54 Å². The van der Waals surface area contributed by atoms with Gasteiger partial charge >= 0.3 is 5.51 Å². The Balaban J connectivity index is 1.70. The van der Waals surface area contributed by atoms with Crippen LogP contribution in [0.4, 0.5) is 13.2 Å². The SMILES string of the molecule is FC(F)(F)Sc1ccc(CNCCC2=CCCCC2)cc1. The Morgan fingerprint density at radius 3 is 2.48 bits per heavy atom. The fourth-order valence-corrected chi connectivity index (χ4v) is 2.96. The van der Waals surface area contributed by atoms with Gasteiger partial charge in [-0.15, -0.1) is 0 Å². The van der Waals surface area contributed by atoms with E-state index in [0.717, 1.165) is 18.5 Å². The zero-order chi connectivity index (χ0) is 15.1. The average Bonchev–Trinajstić information content (AvgIpc) is 2.45. The number of nitrogens with one attached hydrogen (secondary N) is 1. The van der Waals surface area contributed by atoms with E-state index >= 15 is 0 Å². The summed E-state index contributed by atoms with van der Waals surface area (Å²) in [4.78, 5) is 0.235. The molecule has 21 heavy (non-hydrogen) atoms. The number of rotatable bonds is 6. The Labute approximate surface area is 128 Å². The molecule has 0 heterocycles. The van der Waals surface area contributed by atoms with Crippen LogP contribution < -0.4 is 5.32 Å². The van der Waals surface area contributed by atoms with Crippen molar-refractivity contribution < 1.29 is 13.2 Å². The van der Waals surface area contributed by atoms with Crippen LogP contribution in [0.5, 0.6) is 0 Å². The second-order valence-corrected chi connectivity index (χ2v) is 6.37. The summed E-state index contributed by atoms with van der Waals surface area (Å²) < 4.78 is 36.6. The predicted octanol–water partition coefficient (Wildman–Crippen LogP) is 5.28. The van der Waals surface area contributed by atoms with Crippen molar-refractivity contribution in [2.75, 3.05) is 6.54 Å². The molecule has 1 aliphatic rings. The first-order chi connectivity index (χ1) is 10.0. The third kappa shape index (κ3) is 6.57. The highest BCUT2D eigenvalue weighted by atomic mass is 32.2. The summed E-state index contributed by atoms with van der Waals surface area (Å²) in [5.74, 6) is 0. The number of alkyl halides is 3. The molecule has 1 aromatic rings. The number of hydrogen-bond donors (Lipinski definition) is 1. The quantitative estimate of drug-likeness (QED) is 0.435. The van der Waals surface area contributed by atoms with Gasteiger partial charge in [0.2, 0.25) is 0 Å². The lowest BCUT2D eigenvalue weighted by molar-refractivity contribution is -0.0328. The molecule has 5 heteroatoms. The van der Waals surface area contributed by atoms with Crippen LogP contribution in [0.15, 0.2) is 40.8 Å². The molecule has 0 radical (unpaired) electrons. The van der Waals surface area contributed by atoms with Crippen molar-refractivity contribution in [3.8, 4) is 0 Å². The second kappa shape index (κ2) is 7.90. The topological polar surface area (TPSA) is 12.0 Å². The van der Waals surface area contributed by atoms with Crippen molar-refractivity contribution in [3.63, 3.8) is 0 Å². The molecule has 0 unspecified atom stereocenters. The minimum Gasteiger partial charge on any atom is -0.312 e. The summed E-state index contributed by atoms with van der Waals surface area (Å²) in [7, 11) is 0. The van der Waals surface area contributed by atoms with Crippen LogP contribution in [0.2, 0.25) is 0 Å². The van der Waals surface area contributed by atoms with Crippen molar-refractivity contribution >= 4 is 11.8 Å². The summed E-state index contributed by atoms with van der Waals surface area (Å²) in [5.41, 5.74) is -1.67. The molecule has 1 aliphatic carbocycles. The van der Waals surface area contributed by atoms with Gasteiger partial charge in [0.25, 0.3) is 0 Å². The number of allylic oxidation sites excluding steroid dienone is 1. The summed E-state index contributed by atoms with van der Waals surface area (Å²) in [5, 5.41) is 3.35. The van der Waals surface area contributed by atoms with E-state index in [1.54, 1.807) is 12.1 Å². The maximum atomic E-state index is 12.2. The van der Waals surface area contributed by atoms with E-state index in [1.807, 2.05) is 0 Å². The van der Waals surface area contributed by atoms with Gasteiger partial charge in [-0.05, 0) is 68.1 Å². The van der Waals surface area contributed by atoms with Gasteiger partial charge in [0.05, 0.1) is 0 Å². The molecule has 2 rings (SSSR count). The Bertz CT molecular complexity index is 465. The molecule has 0 fully saturated rings. The lowest BCUT2D eigenvalue weighted by atomic mass is 9.97. The molecule has 116 valence electrons. The van der Waals surface area contributed by atoms with Crippen molar-refractivity contribution in [2.45, 2.75) is 49.1 Å². The monoisotopic (exact) mass is 315 g/mol. The van der Waals surface area contributed by atoms with Gasteiger partial charge in [-0.1, -0.05) is 23.8 Å². The first kappa shape index (κ1) is 16.4. The Hall–Kier alpha value is -0.940. The molecule has 0 saturated carbocycles. The molecule has 0 atom stereocenters. The highest BCUT2D eigenvalue weighted by Crippen LogP contribution is 2.36. The molecular formula is C16H20F3NS. The Morgan fingerprint density at radius 1 is 1.10 bits per heavy atom. The van der Waals surface area contributed by atoms with E-state index in [-0.39, 0.29) is 16.7 Å². The van der Waals surface area contributed by atoms with E-state index in [0.29, 0.717) is 6.54 Å². The maximum Gasteiger partial charge on any atom is 0.446 e. The highest BCUT2D eigenvalue weighted by molar-refractivity contribution is 8.00. The van der Waals surface area contributed by atoms with Crippen LogP contribution in [0, 0.1) is 0 Å². The molecule has 0 amide bonds. The maximum absolute atomic E-state index is 12.2. The molecule has 0 bridgehead atoms. The van der Waals surface area contributed by atoms with E-state index < -0.39 is 5.51 Å². The Morgan fingerprint density at radius 2 is 1.86 bits per heavy atom. The first-order valence-corrected chi connectivity index (χ1v) is 8.08. The number of hydrogen-bond acceptors (Lipinski definition) is 2. The third-order valence-electron chi connectivity index (χ3n) is 3.49. The molecule has 1 N–H and O–H groups in total. The number of halogens is 3. The van der Waals surface area contributed by atoms with Crippen LogP contribution in [0.3, 0.4) is 0 Å². The van der Waals surface area contributed by atoms with Gasteiger partial charge in [-0.3, -0.25) is 0 Å². The minimum absolute atomic E-state index is 0.0713. The lowest BCUT2D eigenvalue weighted by Crippen LogP contribution is -2.15. The summed E-state index contributed by atoms with van der Waals surface area (Å²) in [6, 6.07) is 6.56. The van der Waals surface area contributed by atoms with Gasteiger partial charge in [-0.2, -0.15) is 13.2 Å². The van der Waals surface area contributed by atoms with Crippen LogP contribution >= 0.6 is 11.8 Å². The summed E-state index contributed by atoms with van der Waals surface area (Å²) in [6.07, 6.45) is 8.43. The van der Waals surface area contributed by atoms with Crippen LogP contribution in [0.1, 0.15) is 37.7 Å². The second-order valence-electron chi connectivity index (χ2n) is 5.23. The van der Waals surface area contributed by atoms with E-state index in [9.17, 15) is 13.2 Å². The van der Waals surface area contributed by atoms with E-state index in [1.165, 1.54) is 43.4 Å². The van der Waals surface area contributed by atoms with Crippen molar-refractivity contribution in [1.29, 1.82) is 0 Å². The molecule has 0 aromatic heterocycles. The lowest BCUT2D eigenvalue weighted by Gasteiger charge is -2.13. The fraction of sp³-hybridized carbons (Fsp3) is 0.500. The van der Waals surface area contributed by atoms with Crippen molar-refractivity contribution in [3.05, 3.63) is 41.5 Å². The minimum atomic E-state index is -4.21. The standard InChI is InChI=1S/C16H20F3NS/c17-16(18,19)21-15-8-6-14(7-9-15)12-20-11-10-13-4-2-1-3-5-13/h4,6-9,20H,1-3,5,10-12H2. The predicted molar refractivity (Wildman–Crippen MR) is 81.2 cm³/mol. The number of thioether (sulfide) groups is 1. The van der Waals surface area contributed by atoms with Gasteiger partial charge in [0.1, 0.15) is 0 Å². The van der Waals surface area contributed by atoms with Gasteiger partial charge in [0.15, 0.2) is 0 Å². The van der Waals surface area contributed by atoms with Crippen LogP contribution in [-0.4, -0.2) is 12.1 Å². The first-order valence-electron chi connectivity index (χ1n) is 7.26. The highest BCUT2D eigenvalue weighted by Gasteiger charge is 2.28. The molecular weight excluding hydrogens is 295 g/mol. The van der Waals surface area contributed by atoms with Gasteiger partial charge in [0, 0.05) is 11.4 Å². The molecule has 1 nitrogen and oxygen atoms in total. The molecule has 0 aliphatic heterocycles. The van der Waals surface area contributed by atoms with Gasteiger partial charge in [-0.25, -0.2) is 0 Å². The number of benzene rings is 1. The van der Waals surface area contributed by atoms with E-state index in [4.69, 9.17) is 0 Å². The average molecular weight is 315 g/mol. The molecule has 1 aromatic carbocycles. The molecule has 0 saturated heterocycles. The normalized spacial score (nSPS) is 15.9. The van der Waals surface area contributed by atoms with E-state index in [2.05, 4.69) is 11.4 Å². The zero-order valence-electron chi connectivity index (χ0n) is 11.9. The Kier molecular flexibility index (Phi) is 6.18.